The van der Waals surface area contributed by atoms with Gasteiger partial charge < -0.3 is 10.1 Å². The van der Waals surface area contributed by atoms with Crippen molar-refractivity contribution in [3.8, 4) is 0 Å². The summed E-state index contributed by atoms with van der Waals surface area (Å²) in [5.74, 6) is 0. The molecule has 0 aromatic heterocycles. The fourth-order valence-electron chi connectivity index (χ4n) is 1.98. The van der Waals surface area contributed by atoms with Crippen LogP contribution in [0.3, 0.4) is 0 Å². The van der Waals surface area contributed by atoms with Crippen LogP contribution in [0.15, 0.2) is 54.6 Å². The van der Waals surface area contributed by atoms with E-state index in [-0.39, 0.29) is 6.61 Å². The molecule has 2 aromatic rings. The van der Waals surface area contributed by atoms with E-state index in [1.807, 2.05) is 42.5 Å². The number of benzene rings is 2. The summed E-state index contributed by atoms with van der Waals surface area (Å²) in [7, 11) is 0. The molecule has 0 heterocycles. The van der Waals surface area contributed by atoms with Crippen LogP contribution >= 0.6 is 0 Å². The molecule has 22 heavy (non-hydrogen) atoms. The monoisotopic (exact) mass is 295 g/mol. The quantitative estimate of drug-likeness (QED) is 0.896. The Balaban J connectivity index is 1.72. The van der Waals surface area contributed by atoms with Gasteiger partial charge in [0.25, 0.3) is 0 Å². The molecule has 0 bridgehead atoms. The summed E-state index contributed by atoms with van der Waals surface area (Å²) < 4.78 is 5.13. The Morgan fingerprint density at radius 2 is 1.86 bits per heavy atom. The van der Waals surface area contributed by atoms with Crippen molar-refractivity contribution in [3.63, 3.8) is 0 Å². The summed E-state index contributed by atoms with van der Waals surface area (Å²) >= 11 is 0. The number of ether oxygens (including phenoxy) is 1. The maximum atomic E-state index is 11.6. The highest BCUT2D eigenvalue weighted by atomic mass is 16.5. The van der Waals surface area contributed by atoms with Gasteiger partial charge in [-0.3, -0.25) is 0 Å². The second kappa shape index (κ2) is 8.03. The van der Waals surface area contributed by atoms with Gasteiger partial charge in [-0.25, -0.2) is 4.79 Å². The topological polar surface area (TPSA) is 38.3 Å². The number of rotatable bonds is 5. The van der Waals surface area contributed by atoms with Crippen molar-refractivity contribution in [2.24, 2.45) is 0 Å². The molecular weight excluding hydrogens is 274 g/mol. The number of hydrogen-bond donors (Lipinski definition) is 1. The minimum Gasteiger partial charge on any atom is -0.445 e. The average molecular weight is 295 g/mol. The first kappa shape index (κ1) is 15.8. The number of hydrogen-bond acceptors (Lipinski definition) is 2. The van der Waals surface area contributed by atoms with Crippen LogP contribution < -0.4 is 5.32 Å². The summed E-state index contributed by atoms with van der Waals surface area (Å²) in [4.78, 5) is 11.6. The van der Waals surface area contributed by atoms with Gasteiger partial charge in [0, 0.05) is 6.54 Å². The molecule has 3 nitrogen and oxygen atoms in total. The molecule has 0 spiro atoms. The second-order valence-corrected chi connectivity index (χ2v) is 5.19. The zero-order valence-electron chi connectivity index (χ0n) is 13.0. The van der Waals surface area contributed by atoms with Crippen LogP contribution in [0, 0.1) is 13.8 Å². The highest BCUT2D eigenvalue weighted by Crippen LogP contribution is 2.10. The molecule has 0 atom stereocenters. The molecule has 114 valence electrons. The van der Waals surface area contributed by atoms with Gasteiger partial charge in [0.05, 0.1) is 0 Å². The Morgan fingerprint density at radius 3 is 2.59 bits per heavy atom. The average Bonchev–Trinajstić information content (AvgIpc) is 2.54. The lowest BCUT2D eigenvalue weighted by Crippen LogP contribution is -2.24. The van der Waals surface area contributed by atoms with Gasteiger partial charge in [0.15, 0.2) is 0 Å². The number of carbonyl (C=O) groups is 1. The Hall–Kier alpha value is -2.55. The predicted molar refractivity (Wildman–Crippen MR) is 89.6 cm³/mol. The molecule has 1 N–H and O–H groups in total. The molecule has 0 aliphatic heterocycles. The van der Waals surface area contributed by atoms with E-state index < -0.39 is 6.09 Å². The number of aryl methyl sites for hydroxylation is 2. The fourth-order valence-corrected chi connectivity index (χ4v) is 1.98. The van der Waals surface area contributed by atoms with Crippen LogP contribution in [0.25, 0.3) is 6.08 Å². The second-order valence-electron chi connectivity index (χ2n) is 5.19. The molecule has 2 aromatic carbocycles. The molecular formula is C19H21NO2. The van der Waals surface area contributed by atoms with E-state index in [9.17, 15) is 4.79 Å². The zero-order chi connectivity index (χ0) is 15.8. The normalized spacial score (nSPS) is 10.6. The van der Waals surface area contributed by atoms with Gasteiger partial charge in [-0.1, -0.05) is 60.7 Å². The number of alkyl carbamates (subject to hydrolysis) is 1. The van der Waals surface area contributed by atoms with Gasteiger partial charge in [-0.15, -0.1) is 0 Å². The first-order valence-electron chi connectivity index (χ1n) is 7.33. The van der Waals surface area contributed by atoms with Crippen LogP contribution in [-0.4, -0.2) is 12.6 Å². The molecule has 0 aliphatic rings. The Bertz CT molecular complexity index is 648. The van der Waals surface area contributed by atoms with Crippen molar-refractivity contribution >= 4 is 12.2 Å². The van der Waals surface area contributed by atoms with E-state index in [1.54, 1.807) is 0 Å². The van der Waals surface area contributed by atoms with Crippen molar-refractivity contribution in [2.45, 2.75) is 20.5 Å². The maximum absolute atomic E-state index is 11.6. The molecule has 0 fully saturated rings. The smallest absolute Gasteiger partial charge is 0.407 e. The molecule has 0 saturated carbocycles. The van der Waals surface area contributed by atoms with E-state index >= 15 is 0 Å². The summed E-state index contributed by atoms with van der Waals surface area (Å²) in [6.07, 6.45) is 3.49. The number of nitrogens with one attached hydrogen (secondary N) is 1. The predicted octanol–water partition coefficient (Wildman–Crippen LogP) is 4.24. The van der Waals surface area contributed by atoms with Crippen LogP contribution in [0.2, 0.25) is 0 Å². The third kappa shape index (κ3) is 5.09. The molecule has 0 radical (unpaired) electrons. The van der Waals surface area contributed by atoms with Crippen molar-refractivity contribution in [1.29, 1.82) is 0 Å². The lowest BCUT2D eigenvalue weighted by Gasteiger charge is -2.05. The van der Waals surface area contributed by atoms with E-state index in [4.69, 9.17) is 4.74 Å². The fraction of sp³-hybridized carbons (Fsp3) is 0.211. The minimum atomic E-state index is -0.409. The Morgan fingerprint density at radius 1 is 1.09 bits per heavy atom. The van der Waals surface area contributed by atoms with Crippen LogP contribution in [0.5, 0.6) is 0 Å². The lowest BCUT2D eigenvalue weighted by molar-refractivity contribution is 0.141. The molecule has 0 unspecified atom stereocenters. The Labute approximate surface area is 131 Å². The van der Waals surface area contributed by atoms with Gasteiger partial charge in [-0.2, -0.15) is 0 Å². The molecule has 1 amide bonds. The lowest BCUT2D eigenvalue weighted by atomic mass is 10.1. The summed E-state index contributed by atoms with van der Waals surface area (Å²) in [6, 6.07) is 15.9. The molecule has 2 rings (SSSR count). The van der Waals surface area contributed by atoms with Gasteiger partial charge in [0.2, 0.25) is 0 Å². The first-order chi connectivity index (χ1) is 10.6. The first-order valence-corrected chi connectivity index (χ1v) is 7.33. The number of carbonyl (C=O) groups excluding carboxylic acids is 1. The maximum Gasteiger partial charge on any atom is 0.407 e. The largest absolute Gasteiger partial charge is 0.445 e. The Kier molecular flexibility index (Phi) is 5.78. The SMILES string of the molecule is Cc1ccc(C=CCNC(=O)OCc2ccccc2)cc1C. The third-order valence-electron chi connectivity index (χ3n) is 3.42. The van der Waals surface area contributed by atoms with E-state index in [0.29, 0.717) is 6.54 Å². The standard InChI is InChI=1S/C19H21NO2/c1-15-10-11-17(13-16(15)2)9-6-12-20-19(21)22-14-18-7-4-3-5-8-18/h3-11,13H,12,14H2,1-2H3,(H,20,21). The van der Waals surface area contributed by atoms with Crippen molar-refractivity contribution in [1.82, 2.24) is 5.32 Å². The van der Waals surface area contributed by atoms with Crippen LogP contribution in [0.1, 0.15) is 22.3 Å². The highest BCUT2D eigenvalue weighted by molar-refractivity contribution is 5.67. The third-order valence-corrected chi connectivity index (χ3v) is 3.42. The number of amides is 1. The van der Waals surface area contributed by atoms with Gasteiger partial charge in [-0.05, 0) is 36.1 Å². The minimum absolute atomic E-state index is 0.285. The molecule has 3 heteroatoms. The van der Waals surface area contributed by atoms with E-state index in [0.717, 1.165) is 11.1 Å². The van der Waals surface area contributed by atoms with Gasteiger partial charge in [0.1, 0.15) is 6.61 Å². The van der Waals surface area contributed by atoms with Crippen LogP contribution in [0.4, 0.5) is 4.79 Å². The van der Waals surface area contributed by atoms with Crippen molar-refractivity contribution < 1.29 is 9.53 Å². The zero-order valence-corrected chi connectivity index (χ0v) is 13.0. The van der Waals surface area contributed by atoms with Crippen LogP contribution in [-0.2, 0) is 11.3 Å². The molecule has 0 saturated heterocycles. The summed E-state index contributed by atoms with van der Waals surface area (Å²) in [6.45, 7) is 4.91. The summed E-state index contributed by atoms with van der Waals surface area (Å²) in [5.41, 5.74) is 4.64. The van der Waals surface area contributed by atoms with E-state index in [2.05, 4.69) is 37.4 Å². The highest BCUT2D eigenvalue weighted by Gasteiger charge is 2.00. The van der Waals surface area contributed by atoms with Crippen molar-refractivity contribution in [3.05, 3.63) is 76.9 Å². The van der Waals surface area contributed by atoms with Crippen molar-refractivity contribution in [2.75, 3.05) is 6.54 Å². The molecule has 0 aliphatic carbocycles. The van der Waals surface area contributed by atoms with Gasteiger partial charge >= 0.3 is 6.09 Å². The summed E-state index contributed by atoms with van der Waals surface area (Å²) in [5, 5.41) is 2.70. The van der Waals surface area contributed by atoms with E-state index in [1.165, 1.54) is 11.1 Å².